The first-order valence-corrected chi connectivity index (χ1v) is 10.4. The molecule has 1 saturated heterocycles. The highest BCUT2D eigenvalue weighted by molar-refractivity contribution is 7.22. The van der Waals surface area contributed by atoms with Crippen LogP contribution in [-0.4, -0.2) is 47.0 Å². The molecule has 0 spiro atoms. The number of hydrogen-bond donors (Lipinski definition) is 1. The minimum atomic E-state index is 0.105. The zero-order chi connectivity index (χ0) is 19.3. The molecule has 28 heavy (non-hydrogen) atoms. The SMILES string of the molecule is Cc1cc(C)c2sc(N3CCN(C(=O)c4c[nH]c5ccccc45)CC3)nc2c1. The first-order chi connectivity index (χ1) is 13.6. The van der Waals surface area contributed by atoms with Crippen LogP contribution in [0.4, 0.5) is 5.13 Å². The minimum Gasteiger partial charge on any atom is -0.360 e. The van der Waals surface area contributed by atoms with E-state index in [0.29, 0.717) is 13.1 Å². The number of hydrogen-bond acceptors (Lipinski definition) is 4. The molecule has 142 valence electrons. The fraction of sp³-hybridized carbons (Fsp3) is 0.273. The van der Waals surface area contributed by atoms with Crippen molar-refractivity contribution in [2.45, 2.75) is 13.8 Å². The summed E-state index contributed by atoms with van der Waals surface area (Å²) in [5, 5.41) is 2.05. The number of H-pyrrole nitrogens is 1. The van der Waals surface area contributed by atoms with E-state index in [-0.39, 0.29) is 5.91 Å². The maximum Gasteiger partial charge on any atom is 0.256 e. The molecule has 0 aliphatic carbocycles. The topological polar surface area (TPSA) is 52.2 Å². The Morgan fingerprint density at radius 1 is 1.11 bits per heavy atom. The van der Waals surface area contributed by atoms with Crippen LogP contribution in [0.2, 0.25) is 0 Å². The normalized spacial score (nSPS) is 14.9. The van der Waals surface area contributed by atoms with Gasteiger partial charge in [-0.25, -0.2) is 4.98 Å². The van der Waals surface area contributed by atoms with Gasteiger partial charge in [0.2, 0.25) is 0 Å². The van der Waals surface area contributed by atoms with Gasteiger partial charge >= 0.3 is 0 Å². The van der Waals surface area contributed by atoms with Gasteiger partial charge in [-0.05, 0) is 37.1 Å². The lowest BCUT2D eigenvalue weighted by Crippen LogP contribution is -2.48. The van der Waals surface area contributed by atoms with Crippen LogP contribution in [-0.2, 0) is 0 Å². The van der Waals surface area contributed by atoms with Crippen molar-refractivity contribution in [2.75, 3.05) is 31.1 Å². The first kappa shape index (κ1) is 17.3. The maximum atomic E-state index is 13.0. The maximum absolute atomic E-state index is 13.0. The van der Waals surface area contributed by atoms with Crippen LogP contribution >= 0.6 is 11.3 Å². The Bertz CT molecular complexity index is 1180. The van der Waals surface area contributed by atoms with E-state index in [1.165, 1.54) is 15.8 Å². The lowest BCUT2D eigenvalue weighted by molar-refractivity contribution is 0.0749. The summed E-state index contributed by atoms with van der Waals surface area (Å²) < 4.78 is 1.26. The summed E-state index contributed by atoms with van der Waals surface area (Å²) in [4.78, 5) is 25.3. The molecule has 0 radical (unpaired) electrons. The van der Waals surface area contributed by atoms with Gasteiger partial charge in [0, 0.05) is 43.3 Å². The molecule has 0 saturated carbocycles. The second-order valence-corrected chi connectivity index (χ2v) is 8.43. The van der Waals surface area contributed by atoms with E-state index < -0.39 is 0 Å². The number of aromatic nitrogens is 2. The van der Waals surface area contributed by atoms with Gasteiger partial charge in [-0.15, -0.1) is 0 Å². The van der Waals surface area contributed by atoms with Crippen molar-refractivity contribution in [3.63, 3.8) is 0 Å². The molecule has 3 heterocycles. The zero-order valence-corrected chi connectivity index (χ0v) is 16.8. The van der Waals surface area contributed by atoms with Crippen LogP contribution in [0.3, 0.4) is 0 Å². The largest absolute Gasteiger partial charge is 0.360 e. The molecule has 6 heteroatoms. The Morgan fingerprint density at radius 3 is 2.71 bits per heavy atom. The number of benzene rings is 2. The minimum absolute atomic E-state index is 0.105. The molecule has 0 bridgehead atoms. The number of amides is 1. The van der Waals surface area contributed by atoms with Crippen LogP contribution in [0.1, 0.15) is 21.5 Å². The molecule has 1 aliphatic rings. The van der Waals surface area contributed by atoms with Crippen molar-refractivity contribution in [1.82, 2.24) is 14.9 Å². The first-order valence-electron chi connectivity index (χ1n) is 9.58. The summed E-state index contributed by atoms with van der Waals surface area (Å²) in [7, 11) is 0. The van der Waals surface area contributed by atoms with E-state index in [4.69, 9.17) is 4.98 Å². The Kier molecular flexibility index (Phi) is 4.09. The predicted octanol–water partition coefficient (Wildman–Crippen LogP) is 4.36. The van der Waals surface area contributed by atoms with E-state index in [9.17, 15) is 4.79 Å². The number of carbonyl (C=O) groups is 1. The summed E-state index contributed by atoms with van der Waals surface area (Å²) in [6.07, 6.45) is 1.83. The Balaban J connectivity index is 1.34. The van der Waals surface area contributed by atoms with E-state index in [0.717, 1.165) is 40.2 Å². The molecular formula is C22H22N4OS. The molecule has 4 aromatic rings. The molecule has 2 aromatic heterocycles. The Labute approximate surface area is 167 Å². The van der Waals surface area contributed by atoms with Gasteiger partial charge in [-0.1, -0.05) is 35.6 Å². The molecule has 5 rings (SSSR count). The van der Waals surface area contributed by atoms with Crippen molar-refractivity contribution in [3.8, 4) is 0 Å². The Morgan fingerprint density at radius 2 is 1.89 bits per heavy atom. The number of carbonyl (C=O) groups excluding carboxylic acids is 1. The molecule has 1 amide bonds. The zero-order valence-electron chi connectivity index (χ0n) is 16.0. The number of thiazole rings is 1. The number of para-hydroxylation sites is 1. The number of aromatic amines is 1. The van der Waals surface area contributed by atoms with Crippen molar-refractivity contribution < 1.29 is 4.79 Å². The number of fused-ring (bicyclic) bond motifs is 2. The molecule has 2 aromatic carbocycles. The standard InChI is InChI=1S/C22H22N4OS/c1-14-11-15(2)20-19(12-14)24-22(28-20)26-9-7-25(8-10-26)21(27)17-13-23-18-6-4-3-5-16(17)18/h3-6,11-13,23H,7-10H2,1-2H3. The fourth-order valence-electron chi connectivity index (χ4n) is 4.02. The molecule has 1 aliphatic heterocycles. The van der Waals surface area contributed by atoms with Gasteiger partial charge in [-0.3, -0.25) is 4.79 Å². The quantitative estimate of drug-likeness (QED) is 0.553. The number of piperazine rings is 1. The molecule has 5 nitrogen and oxygen atoms in total. The summed E-state index contributed by atoms with van der Waals surface area (Å²) in [6, 6.07) is 12.3. The third-order valence-corrected chi connectivity index (χ3v) is 6.73. The number of rotatable bonds is 2. The van der Waals surface area contributed by atoms with Gasteiger partial charge in [0.1, 0.15) is 0 Å². The predicted molar refractivity (Wildman–Crippen MR) is 116 cm³/mol. The van der Waals surface area contributed by atoms with E-state index in [1.54, 1.807) is 11.3 Å². The van der Waals surface area contributed by atoms with Crippen LogP contribution in [0.25, 0.3) is 21.1 Å². The Hall–Kier alpha value is -2.86. The summed E-state index contributed by atoms with van der Waals surface area (Å²) in [6.45, 7) is 7.31. The van der Waals surface area contributed by atoms with Crippen LogP contribution < -0.4 is 4.90 Å². The molecule has 0 atom stereocenters. The summed E-state index contributed by atoms with van der Waals surface area (Å²) in [5.41, 5.74) is 5.37. The van der Waals surface area contributed by atoms with Gasteiger partial charge in [0.15, 0.2) is 5.13 Å². The van der Waals surface area contributed by atoms with Crippen molar-refractivity contribution >= 4 is 43.5 Å². The van der Waals surface area contributed by atoms with Crippen molar-refractivity contribution in [3.05, 3.63) is 59.3 Å². The third kappa shape index (κ3) is 2.85. The lowest BCUT2D eigenvalue weighted by Gasteiger charge is -2.34. The number of aryl methyl sites for hydroxylation is 2. The smallest absolute Gasteiger partial charge is 0.256 e. The van der Waals surface area contributed by atoms with Gasteiger partial charge in [0.25, 0.3) is 5.91 Å². The van der Waals surface area contributed by atoms with Gasteiger partial charge in [0.05, 0.1) is 15.8 Å². The monoisotopic (exact) mass is 390 g/mol. The van der Waals surface area contributed by atoms with Gasteiger partial charge in [-0.2, -0.15) is 0 Å². The number of anilines is 1. The number of nitrogens with zero attached hydrogens (tertiary/aromatic N) is 3. The van der Waals surface area contributed by atoms with Crippen molar-refractivity contribution in [1.29, 1.82) is 0 Å². The van der Waals surface area contributed by atoms with Gasteiger partial charge < -0.3 is 14.8 Å². The lowest BCUT2D eigenvalue weighted by atomic mass is 10.1. The number of nitrogens with one attached hydrogen (secondary N) is 1. The fourth-order valence-corrected chi connectivity index (χ4v) is 5.09. The highest BCUT2D eigenvalue weighted by atomic mass is 32.1. The molecule has 1 fully saturated rings. The van der Waals surface area contributed by atoms with E-state index >= 15 is 0 Å². The van der Waals surface area contributed by atoms with E-state index in [1.807, 2.05) is 35.4 Å². The highest BCUT2D eigenvalue weighted by Crippen LogP contribution is 2.32. The highest BCUT2D eigenvalue weighted by Gasteiger charge is 2.25. The van der Waals surface area contributed by atoms with Crippen LogP contribution in [0.5, 0.6) is 0 Å². The second kappa shape index (κ2) is 6.63. The summed E-state index contributed by atoms with van der Waals surface area (Å²) >= 11 is 1.75. The third-order valence-electron chi connectivity index (χ3n) is 5.47. The average Bonchev–Trinajstić information content (AvgIpc) is 3.32. The van der Waals surface area contributed by atoms with Crippen molar-refractivity contribution in [2.24, 2.45) is 0 Å². The molecule has 0 unspecified atom stereocenters. The van der Waals surface area contributed by atoms with Crippen LogP contribution in [0.15, 0.2) is 42.6 Å². The molecular weight excluding hydrogens is 368 g/mol. The summed E-state index contributed by atoms with van der Waals surface area (Å²) in [5.74, 6) is 0.105. The average molecular weight is 391 g/mol. The second-order valence-electron chi connectivity index (χ2n) is 7.45. The van der Waals surface area contributed by atoms with Crippen LogP contribution in [0, 0.1) is 13.8 Å². The van der Waals surface area contributed by atoms with E-state index in [2.05, 4.69) is 35.9 Å². The molecule has 1 N–H and O–H groups in total.